The van der Waals surface area contributed by atoms with Gasteiger partial charge in [-0.2, -0.15) is 0 Å². The van der Waals surface area contributed by atoms with Crippen molar-refractivity contribution in [1.82, 2.24) is 14.8 Å². The average molecular weight is 386 g/mol. The van der Waals surface area contributed by atoms with Crippen LogP contribution in [0.4, 0.5) is 0 Å². The van der Waals surface area contributed by atoms with E-state index in [4.69, 9.17) is 0 Å². The Labute approximate surface area is 145 Å². The Morgan fingerprint density at radius 1 is 1.17 bits per heavy atom. The number of esters is 1. The second kappa shape index (κ2) is 10.3. The number of hydrogen-bond donors (Lipinski definition) is 0. The fraction of sp³-hybridized carbons (Fsp3) is 0.562. The topological polar surface area (TPSA) is 62.7 Å². The molecule has 1 aromatic heterocycles. The van der Waals surface area contributed by atoms with Gasteiger partial charge in [-0.15, -0.1) is 0 Å². The van der Waals surface area contributed by atoms with Crippen LogP contribution in [0.5, 0.6) is 0 Å². The molecular formula is C16H24BrN3O3. The van der Waals surface area contributed by atoms with E-state index in [2.05, 4.69) is 44.4 Å². The molecule has 0 N–H and O–H groups in total. The van der Waals surface area contributed by atoms with Crippen molar-refractivity contribution in [2.45, 2.75) is 20.3 Å². The second-order valence-corrected chi connectivity index (χ2v) is 5.95. The molecule has 0 saturated heterocycles. The largest absolute Gasteiger partial charge is 0.469 e. The van der Waals surface area contributed by atoms with Crippen LogP contribution in [0, 0.1) is 0 Å². The molecule has 0 atom stereocenters. The summed E-state index contributed by atoms with van der Waals surface area (Å²) < 4.78 is 5.42. The summed E-state index contributed by atoms with van der Waals surface area (Å²) in [6.07, 6.45) is 3.35. The van der Waals surface area contributed by atoms with Crippen molar-refractivity contribution in [2.24, 2.45) is 0 Å². The van der Waals surface area contributed by atoms with Crippen LogP contribution >= 0.6 is 15.9 Å². The minimum absolute atomic E-state index is 0.130. The summed E-state index contributed by atoms with van der Waals surface area (Å²) in [7, 11) is 1.35. The highest BCUT2D eigenvalue weighted by Crippen LogP contribution is 2.12. The zero-order valence-electron chi connectivity index (χ0n) is 13.9. The van der Waals surface area contributed by atoms with Gasteiger partial charge in [0.25, 0.3) is 5.91 Å². The Morgan fingerprint density at radius 2 is 1.87 bits per heavy atom. The molecule has 0 aliphatic carbocycles. The molecule has 7 heteroatoms. The van der Waals surface area contributed by atoms with Crippen LogP contribution in [0.2, 0.25) is 0 Å². The summed E-state index contributed by atoms with van der Waals surface area (Å²) in [5.41, 5.74) is 0.504. The highest BCUT2D eigenvalue weighted by atomic mass is 79.9. The maximum absolute atomic E-state index is 12.7. The Morgan fingerprint density at radius 3 is 2.43 bits per heavy atom. The van der Waals surface area contributed by atoms with Crippen molar-refractivity contribution >= 4 is 27.8 Å². The van der Waals surface area contributed by atoms with Gasteiger partial charge in [-0.3, -0.25) is 14.6 Å². The normalized spacial score (nSPS) is 10.7. The molecule has 23 heavy (non-hydrogen) atoms. The van der Waals surface area contributed by atoms with E-state index in [0.29, 0.717) is 18.7 Å². The number of methoxy groups -OCH3 is 1. The first-order chi connectivity index (χ1) is 11.0. The molecule has 0 saturated carbocycles. The first kappa shape index (κ1) is 19.6. The fourth-order valence-electron chi connectivity index (χ4n) is 2.16. The molecule has 1 rings (SSSR count). The lowest BCUT2D eigenvalue weighted by Crippen LogP contribution is -2.40. The third kappa shape index (κ3) is 6.66. The highest BCUT2D eigenvalue weighted by Gasteiger charge is 2.18. The Bertz CT molecular complexity index is 521. The summed E-state index contributed by atoms with van der Waals surface area (Å²) >= 11 is 3.32. The first-order valence-corrected chi connectivity index (χ1v) is 8.50. The zero-order chi connectivity index (χ0) is 17.2. The zero-order valence-corrected chi connectivity index (χ0v) is 15.5. The van der Waals surface area contributed by atoms with Gasteiger partial charge in [0.15, 0.2) is 0 Å². The van der Waals surface area contributed by atoms with Crippen molar-refractivity contribution in [3.8, 4) is 0 Å². The maximum atomic E-state index is 12.7. The van der Waals surface area contributed by atoms with E-state index in [0.717, 1.165) is 24.1 Å². The van der Waals surface area contributed by atoms with Gasteiger partial charge in [0.1, 0.15) is 0 Å². The molecule has 1 heterocycles. The van der Waals surface area contributed by atoms with Gasteiger partial charge in [0.2, 0.25) is 0 Å². The number of carbonyl (C=O) groups excluding carboxylic acids is 2. The molecule has 0 aliphatic heterocycles. The molecule has 0 unspecified atom stereocenters. The van der Waals surface area contributed by atoms with E-state index in [9.17, 15) is 9.59 Å². The van der Waals surface area contributed by atoms with E-state index in [1.54, 1.807) is 17.2 Å². The number of nitrogens with zero attached hydrogens (tertiary/aromatic N) is 3. The Balaban J connectivity index is 2.80. The number of amides is 1. The quantitative estimate of drug-likeness (QED) is 0.609. The summed E-state index contributed by atoms with van der Waals surface area (Å²) in [4.78, 5) is 32.0. The second-order valence-electron chi connectivity index (χ2n) is 5.04. The lowest BCUT2D eigenvalue weighted by molar-refractivity contribution is -0.140. The van der Waals surface area contributed by atoms with Crippen molar-refractivity contribution < 1.29 is 14.3 Å². The van der Waals surface area contributed by atoms with Crippen molar-refractivity contribution in [3.63, 3.8) is 0 Å². The molecule has 1 amide bonds. The summed E-state index contributed by atoms with van der Waals surface area (Å²) in [5, 5.41) is 0. The van der Waals surface area contributed by atoms with Crippen LogP contribution in [0.25, 0.3) is 0 Å². The SMILES string of the molecule is CCN(CC)CCN(CCC(=O)OC)C(=O)c1cncc(Br)c1. The highest BCUT2D eigenvalue weighted by molar-refractivity contribution is 9.10. The molecule has 0 aromatic carbocycles. The average Bonchev–Trinajstić information content (AvgIpc) is 2.57. The van der Waals surface area contributed by atoms with Gasteiger partial charge in [-0.1, -0.05) is 13.8 Å². The molecule has 0 spiro atoms. The number of hydrogen-bond acceptors (Lipinski definition) is 5. The maximum Gasteiger partial charge on any atom is 0.307 e. The third-order valence-electron chi connectivity index (χ3n) is 3.63. The standard InChI is InChI=1S/C16H24BrN3O3/c1-4-19(5-2)8-9-20(7-6-15(21)23-3)16(22)13-10-14(17)12-18-11-13/h10-12H,4-9H2,1-3H3. The molecule has 128 valence electrons. The van der Waals surface area contributed by atoms with Crippen molar-refractivity contribution in [3.05, 3.63) is 28.5 Å². The monoisotopic (exact) mass is 385 g/mol. The number of likely N-dealkylation sites (N-methyl/N-ethyl adjacent to an activating group) is 1. The number of aromatic nitrogens is 1. The molecule has 1 aromatic rings. The van der Waals surface area contributed by atoms with Gasteiger partial charge >= 0.3 is 5.97 Å². The van der Waals surface area contributed by atoms with Crippen LogP contribution in [0.15, 0.2) is 22.9 Å². The van der Waals surface area contributed by atoms with Crippen LogP contribution in [-0.4, -0.2) is 66.5 Å². The van der Waals surface area contributed by atoms with Crippen LogP contribution in [0.3, 0.4) is 0 Å². The fourth-order valence-corrected chi connectivity index (χ4v) is 2.52. The first-order valence-electron chi connectivity index (χ1n) is 7.70. The summed E-state index contributed by atoms with van der Waals surface area (Å²) in [5.74, 6) is -0.451. The number of halogens is 1. The van der Waals surface area contributed by atoms with E-state index < -0.39 is 0 Å². The smallest absolute Gasteiger partial charge is 0.307 e. The minimum Gasteiger partial charge on any atom is -0.469 e. The molecule has 6 nitrogen and oxygen atoms in total. The summed E-state index contributed by atoms with van der Waals surface area (Å²) in [6, 6.07) is 1.73. The van der Waals surface area contributed by atoms with Crippen molar-refractivity contribution in [2.75, 3.05) is 39.8 Å². The molecule has 0 fully saturated rings. The minimum atomic E-state index is -0.321. The molecular weight excluding hydrogens is 362 g/mol. The van der Waals surface area contributed by atoms with Crippen LogP contribution in [-0.2, 0) is 9.53 Å². The van der Waals surface area contributed by atoms with E-state index in [1.807, 2.05) is 0 Å². The lowest BCUT2D eigenvalue weighted by Gasteiger charge is -2.26. The predicted octanol–water partition coefficient (Wildman–Crippen LogP) is 2.19. The van der Waals surface area contributed by atoms with Gasteiger partial charge in [-0.05, 0) is 35.1 Å². The Kier molecular flexibility index (Phi) is 8.79. The number of carbonyl (C=O) groups is 2. The van der Waals surface area contributed by atoms with Crippen LogP contribution in [0.1, 0.15) is 30.6 Å². The number of rotatable bonds is 9. The predicted molar refractivity (Wildman–Crippen MR) is 92.3 cm³/mol. The number of pyridine rings is 1. The van der Waals surface area contributed by atoms with Gasteiger partial charge in [0.05, 0.1) is 19.1 Å². The van der Waals surface area contributed by atoms with Crippen LogP contribution < -0.4 is 0 Å². The molecule has 0 bridgehead atoms. The van der Waals surface area contributed by atoms with E-state index >= 15 is 0 Å². The van der Waals surface area contributed by atoms with Crippen molar-refractivity contribution in [1.29, 1.82) is 0 Å². The van der Waals surface area contributed by atoms with Gasteiger partial charge in [-0.25, -0.2) is 0 Å². The molecule has 0 radical (unpaired) electrons. The molecule has 0 aliphatic rings. The Hall–Kier alpha value is -1.47. The summed E-state index contributed by atoms with van der Waals surface area (Å²) in [6.45, 7) is 7.68. The van der Waals surface area contributed by atoms with Gasteiger partial charge < -0.3 is 14.5 Å². The van der Waals surface area contributed by atoms with Gasteiger partial charge in [0, 0.05) is 36.5 Å². The lowest BCUT2D eigenvalue weighted by atomic mass is 10.2. The van der Waals surface area contributed by atoms with E-state index in [1.165, 1.54) is 13.3 Å². The van der Waals surface area contributed by atoms with E-state index in [-0.39, 0.29) is 18.3 Å². The number of ether oxygens (including phenoxy) is 1. The third-order valence-corrected chi connectivity index (χ3v) is 4.07.